The normalized spacial score (nSPS) is 12.4. The molecule has 0 aliphatic heterocycles. The molecule has 1 rings (SSSR count). The van der Waals surface area contributed by atoms with Gasteiger partial charge < -0.3 is 5.11 Å². The smallest absolute Gasteiger partial charge is 0.272 e. The number of hydrogen-bond donors (Lipinski definition) is 1. The van der Waals surface area contributed by atoms with E-state index < -0.39 is 0 Å². The van der Waals surface area contributed by atoms with Crippen LogP contribution in [0.5, 0.6) is 0 Å². The number of para-hydroxylation sites is 1. The molecule has 0 aromatic heterocycles. The van der Waals surface area contributed by atoms with Crippen LogP contribution in [0.3, 0.4) is 0 Å². The van der Waals surface area contributed by atoms with E-state index >= 15 is 0 Å². The zero-order chi connectivity index (χ0) is 12.7. The summed E-state index contributed by atoms with van der Waals surface area (Å²) in [5, 5.41) is 19.9. The molecular formula is C12H17NO3S. The first-order valence-electron chi connectivity index (χ1n) is 5.60. The summed E-state index contributed by atoms with van der Waals surface area (Å²) in [6.07, 6.45) is 1.46. The van der Waals surface area contributed by atoms with Gasteiger partial charge in [0.05, 0.1) is 4.92 Å². The van der Waals surface area contributed by atoms with E-state index in [2.05, 4.69) is 6.92 Å². The number of aryl methyl sites for hydroxylation is 1. The molecule has 0 radical (unpaired) electrons. The van der Waals surface area contributed by atoms with Crippen molar-refractivity contribution in [2.75, 3.05) is 12.4 Å². The van der Waals surface area contributed by atoms with Crippen LogP contribution >= 0.6 is 11.8 Å². The number of nitro benzene ring substituents is 1. The third-order valence-corrected chi connectivity index (χ3v) is 3.74. The largest absolute Gasteiger partial charge is 0.396 e. The monoisotopic (exact) mass is 255 g/mol. The van der Waals surface area contributed by atoms with Gasteiger partial charge in [0.15, 0.2) is 0 Å². The minimum atomic E-state index is -0.336. The summed E-state index contributed by atoms with van der Waals surface area (Å²) in [4.78, 5) is 10.5. The van der Waals surface area contributed by atoms with Crippen molar-refractivity contribution in [1.29, 1.82) is 0 Å². The number of aliphatic hydroxyl groups is 1. The molecule has 0 saturated heterocycles. The standard InChI is InChI=1S/C12H17NO3S/c1-10(6-8-14)17-9-7-11-4-2-3-5-12(11)13(15)16/h2-5,10,14H,6-9H2,1H3. The molecule has 0 aliphatic rings. The van der Waals surface area contributed by atoms with Crippen LogP contribution in [-0.4, -0.2) is 27.6 Å². The summed E-state index contributed by atoms with van der Waals surface area (Å²) < 4.78 is 0. The molecule has 1 unspecified atom stereocenters. The van der Waals surface area contributed by atoms with Crippen LogP contribution in [0.1, 0.15) is 18.9 Å². The van der Waals surface area contributed by atoms with E-state index in [0.717, 1.165) is 17.7 Å². The summed E-state index contributed by atoms with van der Waals surface area (Å²) in [7, 11) is 0. The molecule has 94 valence electrons. The average molecular weight is 255 g/mol. The number of rotatable bonds is 7. The maximum Gasteiger partial charge on any atom is 0.272 e. The van der Waals surface area contributed by atoms with E-state index in [1.54, 1.807) is 23.9 Å². The van der Waals surface area contributed by atoms with Crippen molar-refractivity contribution < 1.29 is 10.0 Å². The van der Waals surface area contributed by atoms with Gasteiger partial charge in [-0.25, -0.2) is 0 Å². The molecule has 5 heteroatoms. The van der Waals surface area contributed by atoms with Gasteiger partial charge in [0.25, 0.3) is 5.69 Å². The highest BCUT2D eigenvalue weighted by molar-refractivity contribution is 7.99. The summed E-state index contributed by atoms with van der Waals surface area (Å²) in [5.41, 5.74) is 0.976. The molecule has 0 spiro atoms. The Hall–Kier alpha value is -1.07. The van der Waals surface area contributed by atoms with Crippen molar-refractivity contribution in [2.45, 2.75) is 25.0 Å². The molecule has 17 heavy (non-hydrogen) atoms. The van der Waals surface area contributed by atoms with Crippen LogP contribution in [0, 0.1) is 10.1 Å². The van der Waals surface area contributed by atoms with Gasteiger partial charge >= 0.3 is 0 Å². The number of benzene rings is 1. The Morgan fingerprint density at radius 1 is 1.47 bits per heavy atom. The van der Waals surface area contributed by atoms with Crippen molar-refractivity contribution in [1.82, 2.24) is 0 Å². The number of thioether (sulfide) groups is 1. The molecule has 0 fully saturated rings. The van der Waals surface area contributed by atoms with E-state index in [4.69, 9.17) is 5.11 Å². The van der Waals surface area contributed by atoms with Crippen molar-refractivity contribution >= 4 is 17.4 Å². The van der Waals surface area contributed by atoms with Crippen molar-refractivity contribution in [2.24, 2.45) is 0 Å². The molecule has 0 aliphatic carbocycles. The van der Waals surface area contributed by atoms with Gasteiger partial charge in [-0.15, -0.1) is 0 Å². The van der Waals surface area contributed by atoms with Crippen molar-refractivity contribution in [3.8, 4) is 0 Å². The predicted octanol–water partition coefficient (Wildman–Crippen LogP) is 2.64. The lowest BCUT2D eigenvalue weighted by atomic mass is 10.1. The van der Waals surface area contributed by atoms with Crippen molar-refractivity contribution in [3.63, 3.8) is 0 Å². The number of hydrogen-bond acceptors (Lipinski definition) is 4. The van der Waals surface area contributed by atoms with E-state index in [9.17, 15) is 10.1 Å². The first-order chi connectivity index (χ1) is 8.15. The third kappa shape index (κ3) is 4.75. The Balaban J connectivity index is 2.49. The van der Waals surface area contributed by atoms with E-state index in [-0.39, 0.29) is 17.2 Å². The summed E-state index contributed by atoms with van der Waals surface area (Å²) in [6.45, 7) is 2.25. The van der Waals surface area contributed by atoms with Crippen LogP contribution in [0.4, 0.5) is 5.69 Å². The van der Waals surface area contributed by atoms with Crippen LogP contribution < -0.4 is 0 Å². The molecule has 0 amide bonds. The lowest BCUT2D eigenvalue weighted by Gasteiger charge is -2.09. The van der Waals surface area contributed by atoms with E-state index in [1.165, 1.54) is 6.07 Å². The third-order valence-electron chi connectivity index (χ3n) is 2.50. The number of aliphatic hydroxyl groups excluding tert-OH is 1. The summed E-state index contributed by atoms with van der Waals surface area (Å²) in [6, 6.07) is 6.85. The zero-order valence-corrected chi connectivity index (χ0v) is 10.7. The second kappa shape index (κ2) is 7.29. The van der Waals surface area contributed by atoms with Crippen molar-refractivity contribution in [3.05, 3.63) is 39.9 Å². The van der Waals surface area contributed by atoms with E-state index in [0.29, 0.717) is 11.7 Å². The van der Waals surface area contributed by atoms with Gasteiger partial charge in [0.2, 0.25) is 0 Å². The van der Waals surface area contributed by atoms with Gasteiger partial charge in [-0.1, -0.05) is 25.1 Å². The molecule has 1 aromatic rings. The Kier molecular flexibility index (Phi) is 6.00. The summed E-state index contributed by atoms with van der Waals surface area (Å²) >= 11 is 1.73. The molecule has 0 heterocycles. The van der Waals surface area contributed by atoms with Crippen LogP contribution in [0.25, 0.3) is 0 Å². The van der Waals surface area contributed by atoms with Gasteiger partial charge in [0, 0.05) is 23.5 Å². The Bertz CT molecular complexity index is 371. The van der Waals surface area contributed by atoms with Crippen LogP contribution in [-0.2, 0) is 6.42 Å². The topological polar surface area (TPSA) is 63.4 Å². The molecule has 1 atom stereocenters. The minimum absolute atomic E-state index is 0.194. The molecule has 1 N–H and O–H groups in total. The SMILES string of the molecule is CC(CCO)SCCc1ccccc1[N+](=O)[O-]. The second-order valence-electron chi connectivity index (χ2n) is 3.83. The second-order valence-corrected chi connectivity index (χ2v) is 5.38. The van der Waals surface area contributed by atoms with Gasteiger partial charge in [-0.3, -0.25) is 10.1 Å². The highest BCUT2D eigenvalue weighted by Gasteiger charge is 2.12. The minimum Gasteiger partial charge on any atom is -0.396 e. The lowest BCUT2D eigenvalue weighted by Crippen LogP contribution is -2.03. The highest BCUT2D eigenvalue weighted by atomic mass is 32.2. The first kappa shape index (κ1) is 14.0. The molecule has 0 bridgehead atoms. The molecular weight excluding hydrogens is 238 g/mol. The fourth-order valence-corrected chi connectivity index (χ4v) is 2.55. The van der Waals surface area contributed by atoms with Gasteiger partial charge in [-0.2, -0.15) is 11.8 Å². The van der Waals surface area contributed by atoms with Gasteiger partial charge in [-0.05, 0) is 18.6 Å². The Morgan fingerprint density at radius 2 is 2.18 bits per heavy atom. The fraction of sp³-hybridized carbons (Fsp3) is 0.500. The van der Waals surface area contributed by atoms with Crippen LogP contribution in [0.2, 0.25) is 0 Å². The maximum atomic E-state index is 10.8. The molecule has 1 aromatic carbocycles. The lowest BCUT2D eigenvalue weighted by molar-refractivity contribution is -0.385. The quantitative estimate of drug-likeness (QED) is 0.601. The Morgan fingerprint density at radius 3 is 2.82 bits per heavy atom. The van der Waals surface area contributed by atoms with Crippen LogP contribution in [0.15, 0.2) is 24.3 Å². The first-order valence-corrected chi connectivity index (χ1v) is 6.64. The van der Waals surface area contributed by atoms with E-state index in [1.807, 2.05) is 6.07 Å². The highest BCUT2D eigenvalue weighted by Crippen LogP contribution is 2.21. The molecule has 4 nitrogen and oxygen atoms in total. The predicted molar refractivity (Wildman–Crippen MR) is 70.4 cm³/mol. The van der Waals surface area contributed by atoms with Gasteiger partial charge in [0.1, 0.15) is 0 Å². The fourth-order valence-electron chi connectivity index (χ4n) is 1.54. The number of nitro groups is 1. The summed E-state index contributed by atoms with van der Waals surface area (Å²) in [5.74, 6) is 0.839. The number of nitrogens with zero attached hydrogens (tertiary/aromatic N) is 1. The maximum absolute atomic E-state index is 10.8. The Labute approximate surface area is 105 Å². The molecule has 0 saturated carbocycles. The average Bonchev–Trinajstić information content (AvgIpc) is 2.30. The zero-order valence-electron chi connectivity index (χ0n) is 9.83.